The van der Waals surface area contributed by atoms with Crippen LogP contribution >= 0.6 is 11.3 Å². The molecule has 2 N–H and O–H groups in total. The highest BCUT2D eigenvalue weighted by Crippen LogP contribution is 2.31. The second-order valence-electron chi connectivity index (χ2n) is 5.68. The van der Waals surface area contributed by atoms with Crippen LogP contribution in [0.5, 0.6) is 0 Å². The number of nitrogens with one attached hydrogen (secondary N) is 2. The summed E-state index contributed by atoms with van der Waals surface area (Å²) in [6, 6.07) is 15.3. The van der Waals surface area contributed by atoms with Crippen LogP contribution in [0.1, 0.15) is 17.0 Å². The van der Waals surface area contributed by atoms with E-state index in [9.17, 15) is 9.59 Å². The minimum Gasteiger partial charge on any atom is -0.459 e. The van der Waals surface area contributed by atoms with E-state index in [4.69, 9.17) is 4.42 Å². The highest BCUT2D eigenvalue weighted by Gasteiger charge is 2.12. The molecular weight excluding hydrogens is 350 g/mol. The summed E-state index contributed by atoms with van der Waals surface area (Å²) in [6.45, 7) is 0.221. The zero-order chi connectivity index (χ0) is 17.9. The fraction of sp³-hybridized carbons (Fsp3) is 0.105. The monoisotopic (exact) mass is 365 g/mol. The number of anilines is 1. The van der Waals surface area contributed by atoms with Gasteiger partial charge in [-0.3, -0.25) is 9.59 Å². The summed E-state index contributed by atoms with van der Waals surface area (Å²) in [5.74, 6) is -0.314. The Hall–Kier alpha value is -3.19. The molecule has 2 amide bonds. The minimum atomic E-state index is -0.339. The van der Waals surface area contributed by atoms with Crippen LogP contribution < -0.4 is 10.6 Å². The summed E-state index contributed by atoms with van der Waals surface area (Å²) in [7, 11) is 0. The van der Waals surface area contributed by atoms with Crippen LogP contribution in [0.4, 0.5) is 5.13 Å². The van der Waals surface area contributed by atoms with E-state index in [0.29, 0.717) is 5.13 Å². The number of benzene rings is 2. The molecule has 26 heavy (non-hydrogen) atoms. The molecule has 0 spiro atoms. The smallest absolute Gasteiger partial charge is 0.286 e. The Morgan fingerprint density at radius 1 is 1.08 bits per heavy atom. The Bertz CT molecular complexity index is 1090. The fourth-order valence-corrected chi connectivity index (χ4v) is 3.58. The van der Waals surface area contributed by atoms with E-state index < -0.39 is 0 Å². The van der Waals surface area contributed by atoms with Crippen LogP contribution in [0.3, 0.4) is 0 Å². The lowest BCUT2D eigenvalue weighted by molar-refractivity contribution is -0.116. The Kier molecular flexibility index (Phi) is 4.37. The first-order valence-electron chi connectivity index (χ1n) is 8.10. The lowest BCUT2D eigenvalue weighted by Gasteiger charge is -2.03. The van der Waals surface area contributed by atoms with E-state index in [1.54, 1.807) is 12.1 Å². The predicted molar refractivity (Wildman–Crippen MR) is 101 cm³/mol. The molecule has 4 aromatic rings. The third kappa shape index (κ3) is 3.29. The maximum absolute atomic E-state index is 12.1. The van der Waals surface area contributed by atoms with Crippen LogP contribution in [0, 0.1) is 0 Å². The van der Waals surface area contributed by atoms with E-state index >= 15 is 0 Å². The molecule has 2 aromatic carbocycles. The molecule has 0 aliphatic heterocycles. The van der Waals surface area contributed by atoms with Crippen LogP contribution in [0.2, 0.25) is 0 Å². The fourth-order valence-electron chi connectivity index (χ4n) is 2.68. The zero-order valence-electron chi connectivity index (χ0n) is 13.7. The SMILES string of the molecule is O=C(CCNC(=O)c1ccco1)Nc1nc2c(ccc3ccccc32)s1. The van der Waals surface area contributed by atoms with Crippen molar-refractivity contribution in [1.82, 2.24) is 10.3 Å². The quantitative estimate of drug-likeness (QED) is 0.563. The molecule has 130 valence electrons. The lowest BCUT2D eigenvalue weighted by atomic mass is 10.1. The summed E-state index contributed by atoms with van der Waals surface area (Å²) >= 11 is 1.43. The molecule has 2 aromatic heterocycles. The Labute approximate surface area is 152 Å². The molecule has 7 heteroatoms. The van der Waals surface area contributed by atoms with Gasteiger partial charge in [0.25, 0.3) is 5.91 Å². The first-order valence-corrected chi connectivity index (χ1v) is 8.92. The number of hydrogen-bond acceptors (Lipinski definition) is 5. The second kappa shape index (κ2) is 6.97. The third-order valence-corrected chi connectivity index (χ3v) is 4.85. The molecule has 0 bridgehead atoms. The number of hydrogen-bond donors (Lipinski definition) is 2. The highest BCUT2D eigenvalue weighted by molar-refractivity contribution is 7.22. The van der Waals surface area contributed by atoms with Crippen molar-refractivity contribution in [2.75, 3.05) is 11.9 Å². The van der Waals surface area contributed by atoms with Crippen LogP contribution in [-0.2, 0) is 4.79 Å². The maximum atomic E-state index is 12.1. The molecule has 2 heterocycles. The van der Waals surface area contributed by atoms with Gasteiger partial charge in [0.15, 0.2) is 10.9 Å². The molecule has 0 saturated carbocycles. The van der Waals surface area contributed by atoms with Gasteiger partial charge in [0.05, 0.1) is 16.5 Å². The summed E-state index contributed by atoms with van der Waals surface area (Å²) < 4.78 is 6.01. The molecule has 4 rings (SSSR count). The van der Waals surface area contributed by atoms with Gasteiger partial charge in [-0.05, 0) is 23.6 Å². The van der Waals surface area contributed by atoms with Crippen molar-refractivity contribution in [3.05, 3.63) is 60.6 Å². The van der Waals surface area contributed by atoms with Gasteiger partial charge in [0.2, 0.25) is 5.91 Å². The number of rotatable bonds is 5. The summed E-state index contributed by atoms with van der Waals surface area (Å²) in [4.78, 5) is 28.4. The van der Waals surface area contributed by atoms with E-state index in [2.05, 4.69) is 15.6 Å². The van der Waals surface area contributed by atoms with Crippen LogP contribution in [0.25, 0.3) is 21.0 Å². The van der Waals surface area contributed by atoms with Gasteiger partial charge in [0, 0.05) is 18.4 Å². The number of amides is 2. The normalized spacial score (nSPS) is 10.9. The highest BCUT2D eigenvalue weighted by atomic mass is 32.1. The van der Waals surface area contributed by atoms with Crippen molar-refractivity contribution in [3.63, 3.8) is 0 Å². The number of carbonyl (C=O) groups excluding carboxylic acids is 2. The molecule has 6 nitrogen and oxygen atoms in total. The van der Waals surface area contributed by atoms with Crippen molar-refractivity contribution in [3.8, 4) is 0 Å². The van der Waals surface area contributed by atoms with E-state index in [1.807, 2.05) is 36.4 Å². The second-order valence-corrected chi connectivity index (χ2v) is 6.71. The van der Waals surface area contributed by atoms with Crippen LogP contribution in [0.15, 0.2) is 59.2 Å². The van der Waals surface area contributed by atoms with Crippen molar-refractivity contribution in [1.29, 1.82) is 0 Å². The molecule has 0 aliphatic carbocycles. The van der Waals surface area contributed by atoms with E-state index in [1.165, 1.54) is 17.6 Å². The van der Waals surface area contributed by atoms with Gasteiger partial charge in [0.1, 0.15) is 0 Å². The van der Waals surface area contributed by atoms with Gasteiger partial charge < -0.3 is 15.1 Å². The van der Waals surface area contributed by atoms with E-state index in [0.717, 1.165) is 21.0 Å². The van der Waals surface area contributed by atoms with Crippen molar-refractivity contribution in [2.24, 2.45) is 0 Å². The van der Waals surface area contributed by atoms with Crippen molar-refractivity contribution in [2.45, 2.75) is 6.42 Å². The molecule has 0 saturated heterocycles. The molecular formula is C19H15N3O3S. The molecule has 0 atom stereocenters. The number of fused-ring (bicyclic) bond motifs is 3. The molecule has 0 fully saturated rings. The Morgan fingerprint density at radius 3 is 2.81 bits per heavy atom. The van der Waals surface area contributed by atoms with Gasteiger partial charge in [-0.25, -0.2) is 4.98 Å². The first-order chi connectivity index (χ1) is 12.7. The molecule has 0 aliphatic rings. The first kappa shape index (κ1) is 16.3. The number of aromatic nitrogens is 1. The van der Waals surface area contributed by atoms with Gasteiger partial charge >= 0.3 is 0 Å². The Balaban J connectivity index is 1.40. The van der Waals surface area contributed by atoms with E-state index in [-0.39, 0.29) is 30.5 Å². The maximum Gasteiger partial charge on any atom is 0.286 e. The number of thiazole rings is 1. The van der Waals surface area contributed by atoms with Gasteiger partial charge in [-0.2, -0.15) is 0 Å². The number of furan rings is 1. The molecule has 0 unspecified atom stereocenters. The van der Waals surface area contributed by atoms with Gasteiger partial charge in [-0.15, -0.1) is 0 Å². The average Bonchev–Trinajstić information content (AvgIpc) is 3.31. The van der Waals surface area contributed by atoms with Crippen molar-refractivity contribution >= 4 is 49.3 Å². The topological polar surface area (TPSA) is 84.2 Å². The van der Waals surface area contributed by atoms with Crippen molar-refractivity contribution < 1.29 is 14.0 Å². The minimum absolute atomic E-state index is 0.156. The third-order valence-electron chi connectivity index (χ3n) is 3.91. The zero-order valence-corrected chi connectivity index (χ0v) is 14.5. The average molecular weight is 365 g/mol. The standard InChI is InChI=1S/C19H15N3O3S/c23-16(9-10-20-18(24)14-6-3-11-25-14)21-19-22-17-13-5-2-1-4-12(13)7-8-15(17)26-19/h1-8,11H,9-10H2,(H,20,24)(H,21,22,23). The molecule has 0 radical (unpaired) electrons. The summed E-state index contributed by atoms with van der Waals surface area (Å²) in [5, 5.41) is 8.17. The Morgan fingerprint density at radius 2 is 1.96 bits per heavy atom. The number of carbonyl (C=O) groups is 2. The summed E-state index contributed by atoms with van der Waals surface area (Å²) in [5.41, 5.74) is 0.884. The predicted octanol–water partition coefficient (Wildman–Crippen LogP) is 3.80. The van der Waals surface area contributed by atoms with Crippen LogP contribution in [-0.4, -0.2) is 23.3 Å². The lowest BCUT2D eigenvalue weighted by Crippen LogP contribution is -2.27. The number of nitrogens with zero attached hydrogens (tertiary/aromatic N) is 1. The van der Waals surface area contributed by atoms with Gasteiger partial charge in [-0.1, -0.05) is 41.7 Å². The largest absolute Gasteiger partial charge is 0.459 e. The summed E-state index contributed by atoms with van der Waals surface area (Å²) in [6.07, 6.45) is 1.58.